The predicted molar refractivity (Wildman–Crippen MR) is 60.3 cm³/mol. The van der Waals surface area contributed by atoms with Crippen molar-refractivity contribution in [2.45, 2.75) is 19.4 Å². The summed E-state index contributed by atoms with van der Waals surface area (Å²) < 4.78 is 0.698. The molecular weight excluding hydrogens is 253 g/mol. The Balaban J connectivity index is 0.00000144. The molecule has 0 bridgehead atoms. The Labute approximate surface area is 92.7 Å². The summed E-state index contributed by atoms with van der Waals surface area (Å²) in [6.45, 7) is 1.99. The van der Waals surface area contributed by atoms with E-state index in [4.69, 9.17) is 5.73 Å². The lowest BCUT2D eigenvalue weighted by molar-refractivity contribution is 0.457. The monoisotopic (exact) mass is 265 g/mol. The molecule has 0 aliphatic carbocycles. The van der Waals surface area contributed by atoms with Gasteiger partial charge in [0, 0.05) is 11.6 Å². The Hall–Kier alpha value is -0.250. The summed E-state index contributed by atoms with van der Waals surface area (Å²) in [5.41, 5.74) is 6.58. The van der Waals surface area contributed by atoms with Crippen LogP contribution in [0.25, 0.3) is 0 Å². The molecule has 0 saturated heterocycles. The molecule has 0 aliphatic rings. The van der Waals surface area contributed by atoms with Gasteiger partial charge in [-0.1, -0.05) is 19.1 Å². The summed E-state index contributed by atoms with van der Waals surface area (Å²) in [4.78, 5) is 0. The summed E-state index contributed by atoms with van der Waals surface area (Å²) >= 11 is 3.24. The van der Waals surface area contributed by atoms with Crippen LogP contribution in [0.2, 0.25) is 0 Å². The molecule has 3 N–H and O–H groups in total. The van der Waals surface area contributed by atoms with E-state index in [2.05, 4.69) is 15.9 Å². The van der Waals surface area contributed by atoms with Gasteiger partial charge in [0.25, 0.3) is 0 Å². The lowest BCUT2D eigenvalue weighted by Crippen LogP contribution is -2.08. The SMILES string of the molecule is CC[C@H](N)c1cccc(Br)c1O.Cl. The van der Waals surface area contributed by atoms with Gasteiger partial charge in [0.15, 0.2) is 0 Å². The predicted octanol–water partition coefficient (Wildman–Crippen LogP) is 2.99. The van der Waals surface area contributed by atoms with E-state index < -0.39 is 0 Å². The first-order chi connectivity index (χ1) is 5.66. The van der Waals surface area contributed by atoms with Gasteiger partial charge < -0.3 is 10.8 Å². The van der Waals surface area contributed by atoms with E-state index in [1.807, 2.05) is 19.1 Å². The van der Waals surface area contributed by atoms with E-state index in [-0.39, 0.29) is 24.2 Å². The molecule has 0 radical (unpaired) electrons. The second-order valence-electron chi connectivity index (χ2n) is 2.69. The zero-order chi connectivity index (χ0) is 9.14. The van der Waals surface area contributed by atoms with Crippen molar-refractivity contribution < 1.29 is 5.11 Å². The maximum absolute atomic E-state index is 9.57. The fourth-order valence-corrected chi connectivity index (χ4v) is 1.43. The summed E-state index contributed by atoms with van der Waals surface area (Å²) in [5, 5.41) is 9.57. The standard InChI is InChI=1S/C9H12BrNO.ClH/c1-2-8(11)6-4-3-5-7(10)9(6)12;/h3-5,8,12H,2,11H2,1H3;1H/t8-;/m0./s1. The number of hydrogen-bond acceptors (Lipinski definition) is 2. The highest BCUT2D eigenvalue weighted by molar-refractivity contribution is 9.10. The first-order valence-electron chi connectivity index (χ1n) is 3.89. The number of rotatable bonds is 2. The van der Waals surface area contributed by atoms with Gasteiger partial charge >= 0.3 is 0 Å². The van der Waals surface area contributed by atoms with Gasteiger partial charge in [0.05, 0.1) is 4.47 Å². The average molecular weight is 267 g/mol. The number of halogens is 2. The zero-order valence-electron chi connectivity index (χ0n) is 7.33. The van der Waals surface area contributed by atoms with Crippen molar-refractivity contribution in [3.63, 3.8) is 0 Å². The molecule has 1 rings (SSSR count). The van der Waals surface area contributed by atoms with Crippen LogP contribution in [-0.4, -0.2) is 5.11 Å². The zero-order valence-corrected chi connectivity index (χ0v) is 9.73. The number of benzene rings is 1. The van der Waals surface area contributed by atoms with Crippen LogP contribution in [0.15, 0.2) is 22.7 Å². The Morgan fingerprint density at radius 2 is 2.15 bits per heavy atom. The number of phenols is 1. The lowest BCUT2D eigenvalue weighted by atomic mass is 10.0. The highest BCUT2D eigenvalue weighted by atomic mass is 79.9. The van der Waals surface area contributed by atoms with Gasteiger partial charge in [-0.3, -0.25) is 0 Å². The molecule has 0 fully saturated rings. The molecule has 0 aromatic heterocycles. The summed E-state index contributed by atoms with van der Waals surface area (Å²) in [5.74, 6) is 0.256. The Morgan fingerprint density at radius 3 is 2.69 bits per heavy atom. The molecule has 1 atom stereocenters. The first kappa shape index (κ1) is 12.8. The third-order valence-electron chi connectivity index (χ3n) is 1.86. The van der Waals surface area contributed by atoms with Gasteiger partial charge in [0.1, 0.15) is 5.75 Å². The fraction of sp³-hybridized carbons (Fsp3) is 0.333. The minimum Gasteiger partial charge on any atom is -0.506 e. The summed E-state index contributed by atoms with van der Waals surface area (Å²) in [6, 6.07) is 5.42. The van der Waals surface area contributed by atoms with Crippen molar-refractivity contribution in [1.29, 1.82) is 0 Å². The maximum Gasteiger partial charge on any atom is 0.134 e. The second-order valence-corrected chi connectivity index (χ2v) is 3.55. The number of hydrogen-bond donors (Lipinski definition) is 2. The highest BCUT2D eigenvalue weighted by Gasteiger charge is 2.10. The van der Waals surface area contributed by atoms with Gasteiger partial charge in [0.2, 0.25) is 0 Å². The first-order valence-corrected chi connectivity index (χ1v) is 4.69. The van der Waals surface area contributed by atoms with Crippen LogP contribution in [0.5, 0.6) is 5.75 Å². The molecule has 0 heterocycles. The molecule has 0 unspecified atom stereocenters. The topological polar surface area (TPSA) is 46.2 Å². The molecule has 0 aliphatic heterocycles. The highest BCUT2D eigenvalue weighted by Crippen LogP contribution is 2.31. The Kier molecular flexibility index (Phi) is 5.37. The smallest absolute Gasteiger partial charge is 0.134 e. The minimum absolute atomic E-state index is 0. The van der Waals surface area contributed by atoms with Gasteiger partial charge in [-0.25, -0.2) is 0 Å². The van der Waals surface area contributed by atoms with Crippen LogP contribution >= 0.6 is 28.3 Å². The van der Waals surface area contributed by atoms with Crippen molar-refractivity contribution >= 4 is 28.3 Å². The minimum atomic E-state index is -0.0810. The summed E-state index contributed by atoms with van der Waals surface area (Å²) in [6.07, 6.45) is 0.823. The number of nitrogens with two attached hydrogens (primary N) is 1. The van der Waals surface area contributed by atoms with Crippen LogP contribution in [0, 0.1) is 0 Å². The van der Waals surface area contributed by atoms with E-state index >= 15 is 0 Å². The molecule has 4 heteroatoms. The second kappa shape index (κ2) is 5.47. The quantitative estimate of drug-likeness (QED) is 0.864. The van der Waals surface area contributed by atoms with E-state index in [0.717, 1.165) is 12.0 Å². The van der Waals surface area contributed by atoms with E-state index in [1.54, 1.807) is 6.07 Å². The average Bonchev–Trinajstić information content (AvgIpc) is 2.08. The normalized spacial score (nSPS) is 11.9. The molecule has 0 amide bonds. The molecule has 0 saturated carbocycles. The molecule has 1 aromatic rings. The number of aromatic hydroxyl groups is 1. The third kappa shape index (κ3) is 2.86. The van der Waals surface area contributed by atoms with Crippen molar-refractivity contribution in [3.8, 4) is 5.75 Å². The third-order valence-corrected chi connectivity index (χ3v) is 2.50. The maximum atomic E-state index is 9.57. The van der Waals surface area contributed by atoms with Crippen LogP contribution < -0.4 is 5.73 Å². The van der Waals surface area contributed by atoms with Crippen molar-refractivity contribution in [2.24, 2.45) is 5.73 Å². The largest absolute Gasteiger partial charge is 0.506 e. The fourth-order valence-electron chi connectivity index (χ4n) is 1.05. The Morgan fingerprint density at radius 1 is 1.54 bits per heavy atom. The summed E-state index contributed by atoms with van der Waals surface area (Å²) in [7, 11) is 0. The van der Waals surface area contributed by atoms with Crippen molar-refractivity contribution in [3.05, 3.63) is 28.2 Å². The van der Waals surface area contributed by atoms with Crippen LogP contribution in [0.1, 0.15) is 24.9 Å². The van der Waals surface area contributed by atoms with Gasteiger partial charge in [-0.05, 0) is 28.4 Å². The number of phenolic OH excluding ortho intramolecular Hbond substituents is 1. The van der Waals surface area contributed by atoms with Gasteiger partial charge in [-0.2, -0.15) is 0 Å². The molecule has 74 valence electrons. The van der Waals surface area contributed by atoms with Crippen LogP contribution in [-0.2, 0) is 0 Å². The van der Waals surface area contributed by atoms with E-state index in [9.17, 15) is 5.11 Å². The lowest BCUT2D eigenvalue weighted by Gasteiger charge is -2.11. The molecule has 2 nitrogen and oxygen atoms in total. The van der Waals surface area contributed by atoms with Crippen LogP contribution in [0.3, 0.4) is 0 Å². The van der Waals surface area contributed by atoms with Gasteiger partial charge in [-0.15, -0.1) is 12.4 Å². The Bertz CT molecular complexity index is 280. The molecular formula is C9H13BrClNO. The molecule has 1 aromatic carbocycles. The van der Waals surface area contributed by atoms with Crippen LogP contribution in [0.4, 0.5) is 0 Å². The molecule has 13 heavy (non-hydrogen) atoms. The van der Waals surface area contributed by atoms with E-state index in [0.29, 0.717) is 4.47 Å². The van der Waals surface area contributed by atoms with Crippen molar-refractivity contribution in [1.82, 2.24) is 0 Å². The molecule has 0 spiro atoms. The van der Waals surface area contributed by atoms with E-state index in [1.165, 1.54) is 0 Å². The van der Waals surface area contributed by atoms with Crippen molar-refractivity contribution in [2.75, 3.05) is 0 Å². The number of para-hydroxylation sites is 1.